The van der Waals surface area contributed by atoms with E-state index in [1.54, 1.807) is 0 Å². The highest BCUT2D eigenvalue weighted by Gasteiger charge is 2.23. The molecule has 2 rings (SSSR count). The van der Waals surface area contributed by atoms with Gasteiger partial charge >= 0.3 is 0 Å². The number of anilines is 1. The van der Waals surface area contributed by atoms with Crippen LogP contribution in [0.3, 0.4) is 0 Å². The van der Waals surface area contributed by atoms with Gasteiger partial charge in [0.25, 0.3) is 0 Å². The molecule has 1 aromatic rings. The van der Waals surface area contributed by atoms with E-state index < -0.39 is 0 Å². The van der Waals surface area contributed by atoms with E-state index in [0.717, 1.165) is 42.8 Å². The predicted octanol–water partition coefficient (Wildman–Crippen LogP) is 1.76. The maximum atomic E-state index is 12.3. The number of aryl methyl sites for hydroxylation is 1. The Morgan fingerprint density at radius 1 is 1.33 bits per heavy atom. The zero-order chi connectivity index (χ0) is 15.2. The van der Waals surface area contributed by atoms with Crippen molar-refractivity contribution in [3.63, 3.8) is 0 Å². The highest BCUT2D eigenvalue weighted by molar-refractivity contribution is 5.93. The fourth-order valence-electron chi connectivity index (χ4n) is 2.91. The zero-order valence-electron chi connectivity index (χ0n) is 12.8. The maximum absolute atomic E-state index is 12.3. The van der Waals surface area contributed by atoms with Crippen LogP contribution in [0.15, 0.2) is 0 Å². The smallest absolute Gasteiger partial charge is 0.227 e. The summed E-state index contributed by atoms with van der Waals surface area (Å²) in [5.74, 6) is 0.254. The molecule has 0 aliphatic heterocycles. The van der Waals surface area contributed by atoms with Gasteiger partial charge in [-0.2, -0.15) is 5.10 Å². The van der Waals surface area contributed by atoms with E-state index in [1.165, 1.54) is 6.42 Å². The zero-order valence-corrected chi connectivity index (χ0v) is 12.8. The second kappa shape index (κ2) is 7.24. The molecule has 0 spiro atoms. The van der Waals surface area contributed by atoms with Crippen LogP contribution in [0, 0.1) is 19.8 Å². The second-order valence-electron chi connectivity index (χ2n) is 5.67. The van der Waals surface area contributed by atoms with Gasteiger partial charge in [-0.25, -0.2) is 0 Å². The van der Waals surface area contributed by atoms with Crippen LogP contribution in [-0.2, 0) is 16.1 Å². The van der Waals surface area contributed by atoms with Gasteiger partial charge in [-0.3, -0.25) is 14.3 Å². The molecule has 1 aliphatic carbocycles. The average molecular weight is 292 g/mol. The van der Waals surface area contributed by atoms with E-state index in [1.807, 2.05) is 18.5 Å². The Kier molecular flexibility index (Phi) is 5.36. The van der Waals surface area contributed by atoms with Crippen molar-refractivity contribution in [1.82, 2.24) is 15.1 Å². The lowest BCUT2D eigenvalue weighted by molar-refractivity contribution is -0.120. The summed E-state index contributed by atoms with van der Waals surface area (Å²) in [4.78, 5) is 22.6. The van der Waals surface area contributed by atoms with E-state index in [2.05, 4.69) is 15.7 Å². The number of hydrogen-bond donors (Lipinski definition) is 2. The van der Waals surface area contributed by atoms with Crippen LogP contribution in [0.4, 0.5) is 5.69 Å². The SMILES string of the molecule is Cc1nn(CCNC=O)c(C)c1NC(=O)C1CCCCC1. The second-order valence-corrected chi connectivity index (χ2v) is 5.67. The van der Waals surface area contributed by atoms with E-state index in [-0.39, 0.29) is 11.8 Å². The number of hydrogen-bond acceptors (Lipinski definition) is 3. The van der Waals surface area contributed by atoms with Crippen molar-refractivity contribution >= 4 is 18.0 Å². The number of nitrogens with zero attached hydrogens (tertiary/aromatic N) is 2. The molecule has 0 saturated heterocycles. The number of rotatable bonds is 6. The van der Waals surface area contributed by atoms with E-state index in [9.17, 15) is 9.59 Å². The molecule has 0 atom stereocenters. The van der Waals surface area contributed by atoms with Crippen LogP contribution in [-0.4, -0.2) is 28.6 Å². The Morgan fingerprint density at radius 3 is 2.71 bits per heavy atom. The van der Waals surface area contributed by atoms with Gasteiger partial charge in [0.15, 0.2) is 0 Å². The number of amides is 2. The van der Waals surface area contributed by atoms with Crippen LogP contribution in [0.2, 0.25) is 0 Å². The predicted molar refractivity (Wildman–Crippen MR) is 81.0 cm³/mol. The molecule has 1 aliphatic rings. The molecule has 0 unspecified atom stereocenters. The van der Waals surface area contributed by atoms with Crippen molar-refractivity contribution in [2.75, 3.05) is 11.9 Å². The highest BCUT2D eigenvalue weighted by atomic mass is 16.2. The number of carbonyl (C=O) groups excluding carboxylic acids is 2. The van der Waals surface area contributed by atoms with Gasteiger partial charge in [-0.05, 0) is 26.7 Å². The van der Waals surface area contributed by atoms with Crippen LogP contribution in [0.5, 0.6) is 0 Å². The first-order chi connectivity index (χ1) is 10.1. The van der Waals surface area contributed by atoms with Crippen LogP contribution in [0.25, 0.3) is 0 Å². The third-order valence-electron chi connectivity index (χ3n) is 4.16. The molecule has 6 nitrogen and oxygen atoms in total. The minimum absolute atomic E-state index is 0.117. The van der Waals surface area contributed by atoms with Gasteiger partial charge in [0.2, 0.25) is 12.3 Å². The summed E-state index contributed by atoms with van der Waals surface area (Å²) in [6.07, 6.45) is 6.18. The first kappa shape index (κ1) is 15.5. The molecule has 2 N–H and O–H groups in total. The molecular formula is C15H24N4O2. The van der Waals surface area contributed by atoms with E-state index in [0.29, 0.717) is 19.5 Å². The summed E-state index contributed by atoms with van der Waals surface area (Å²) in [6.45, 7) is 4.97. The van der Waals surface area contributed by atoms with Gasteiger partial charge in [-0.1, -0.05) is 19.3 Å². The lowest BCUT2D eigenvalue weighted by Gasteiger charge is -2.20. The normalized spacial score (nSPS) is 15.7. The largest absolute Gasteiger partial charge is 0.357 e. The quantitative estimate of drug-likeness (QED) is 0.619. The van der Waals surface area contributed by atoms with Gasteiger partial charge < -0.3 is 10.6 Å². The third-order valence-corrected chi connectivity index (χ3v) is 4.16. The van der Waals surface area contributed by atoms with Crippen LogP contribution in [0.1, 0.15) is 43.5 Å². The molecule has 116 valence electrons. The van der Waals surface area contributed by atoms with E-state index in [4.69, 9.17) is 0 Å². The molecule has 1 aromatic heterocycles. The lowest BCUT2D eigenvalue weighted by atomic mass is 9.88. The van der Waals surface area contributed by atoms with Crippen molar-refractivity contribution in [3.8, 4) is 0 Å². The molecule has 0 aromatic carbocycles. The summed E-state index contributed by atoms with van der Waals surface area (Å²) < 4.78 is 1.82. The topological polar surface area (TPSA) is 76.0 Å². The highest BCUT2D eigenvalue weighted by Crippen LogP contribution is 2.26. The average Bonchev–Trinajstić information content (AvgIpc) is 2.76. The lowest BCUT2D eigenvalue weighted by Crippen LogP contribution is -2.25. The Bertz CT molecular complexity index is 504. The summed E-state index contributed by atoms with van der Waals surface area (Å²) in [6, 6.07) is 0. The monoisotopic (exact) mass is 292 g/mol. The van der Waals surface area contributed by atoms with Crippen molar-refractivity contribution in [2.45, 2.75) is 52.5 Å². The Labute approximate surface area is 125 Å². The molecule has 0 bridgehead atoms. The van der Waals surface area contributed by atoms with Gasteiger partial charge in [0.05, 0.1) is 23.6 Å². The minimum atomic E-state index is 0.117. The third kappa shape index (κ3) is 3.83. The van der Waals surface area contributed by atoms with Crippen molar-refractivity contribution < 1.29 is 9.59 Å². The molecule has 1 saturated carbocycles. The number of carbonyl (C=O) groups is 2. The Hall–Kier alpha value is -1.85. The standard InChI is InChI=1S/C15H24N4O2/c1-11-14(12(2)19(18-11)9-8-16-10-20)17-15(21)13-6-4-3-5-7-13/h10,13H,3-9H2,1-2H3,(H,16,20)(H,17,21). The molecule has 1 fully saturated rings. The van der Waals surface area contributed by atoms with Gasteiger partial charge in [0, 0.05) is 12.5 Å². The fraction of sp³-hybridized carbons (Fsp3) is 0.667. The summed E-state index contributed by atoms with van der Waals surface area (Å²) >= 11 is 0. The van der Waals surface area contributed by atoms with Crippen molar-refractivity contribution in [2.24, 2.45) is 5.92 Å². The Morgan fingerprint density at radius 2 is 2.05 bits per heavy atom. The number of aromatic nitrogens is 2. The molecule has 6 heteroatoms. The summed E-state index contributed by atoms with van der Waals surface area (Å²) in [5, 5.41) is 10.1. The molecule has 21 heavy (non-hydrogen) atoms. The van der Waals surface area contributed by atoms with Gasteiger partial charge in [0.1, 0.15) is 0 Å². The minimum Gasteiger partial charge on any atom is -0.357 e. The summed E-state index contributed by atoms with van der Waals surface area (Å²) in [7, 11) is 0. The molecule has 0 radical (unpaired) electrons. The van der Waals surface area contributed by atoms with Crippen LogP contribution >= 0.6 is 0 Å². The van der Waals surface area contributed by atoms with E-state index >= 15 is 0 Å². The Balaban J connectivity index is 2.01. The summed E-state index contributed by atoms with van der Waals surface area (Å²) in [5.41, 5.74) is 2.57. The van der Waals surface area contributed by atoms with Crippen molar-refractivity contribution in [1.29, 1.82) is 0 Å². The maximum Gasteiger partial charge on any atom is 0.227 e. The molecular weight excluding hydrogens is 268 g/mol. The first-order valence-electron chi connectivity index (χ1n) is 7.65. The molecule has 2 amide bonds. The fourth-order valence-corrected chi connectivity index (χ4v) is 2.91. The van der Waals surface area contributed by atoms with Crippen molar-refractivity contribution in [3.05, 3.63) is 11.4 Å². The molecule has 1 heterocycles. The number of nitrogens with one attached hydrogen (secondary N) is 2. The first-order valence-corrected chi connectivity index (χ1v) is 7.65. The van der Waals surface area contributed by atoms with Gasteiger partial charge in [-0.15, -0.1) is 0 Å². The van der Waals surface area contributed by atoms with Crippen LogP contribution < -0.4 is 10.6 Å².